The summed E-state index contributed by atoms with van der Waals surface area (Å²) in [6.45, 7) is 4.74. The second kappa shape index (κ2) is 5.19. The highest BCUT2D eigenvalue weighted by atomic mass is 16.2. The molecule has 2 aliphatic rings. The average molecular weight is 259 g/mol. The van der Waals surface area contributed by atoms with E-state index in [9.17, 15) is 4.79 Å². The number of likely N-dealkylation sites (tertiary alicyclic amines) is 1. The maximum atomic E-state index is 12.5. The number of pyridine rings is 1. The molecule has 2 unspecified atom stereocenters. The van der Waals surface area contributed by atoms with Crippen LogP contribution in [0.3, 0.4) is 0 Å². The monoisotopic (exact) mass is 259 g/mol. The normalized spacial score (nSPS) is 25.4. The fraction of sp³-hybridized carbons (Fsp3) is 0.600. The van der Waals surface area contributed by atoms with Gasteiger partial charge in [0, 0.05) is 31.4 Å². The van der Waals surface area contributed by atoms with Gasteiger partial charge in [-0.05, 0) is 43.7 Å². The minimum absolute atomic E-state index is 0.163. The van der Waals surface area contributed by atoms with Crippen LogP contribution in [0.5, 0.6) is 0 Å². The van der Waals surface area contributed by atoms with Crippen molar-refractivity contribution in [3.05, 3.63) is 23.9 Å². The average Bonchev–Trinajstić information content (AvgIpc) is 2.99. The zero-order valence-corrected chi connectivity index (χ0v) is 11.4. The first-order valence-corrected chi connectivity index (χ1v) is 7.27. The molecule has 4 nitrogen and oxygen atoms in total. The second-order valence-corrected chi connectivity index (χ2v) is 5.62. The number of carbonyl (C=O) groups excluding carboxylic acids is 1. The highest BCUT2D eigenvalue weighted by Crippen LogP contribution is 2.38. The maximum absolute atomic E-state index is 12.5. The van der Waals surface area contributed by atoms with E-state index in [1.54, 1.807) is 6.20 Å². The summed E-state index contributed by atoms with van der Waals surface area (Å²) in [6, 6.07) is 3.68. The van der Waals surface area contributed by atoms with Crippen molar-refractivity contribution in [3.8, 4) is 0 Å². The molecule has 4 heteroatoms. The number of anilines is 1. The van der Waals surface area contributed by atoms with E-state index in [1.165, 1.54) is 19.3 Å². The third-order valence-corrected chi connectivity index (χ3v) is 4.38. The van der Waals surface area contributed by atoms with Gasteiger partial charge in [0.25, 0.3) is 5.91 Å². The Bertz CT molecular complexity index is 462. The van der Waals surface area contributed by atoms with Crippen LogP contribution in [0.4, 0.5) is 5.82 Å². The molecule has 0 spiro atoms. The minimum Gasteiger partial charge on any atom is -0.370 e. The second-order valence-electron chi connectivity index (χ2n) is 5.62. The van der Waals surface area contributed by atoms with Crippen LogP contribution in [0.25, 0.3) is 0 Å². The predicted octanol–water partition coefficient (Wildman–Crippen LogP) is 2.39. The van der Waals surface area contributed by atoms with E-state index in [0.29, 0.717) is 0 Å². The lowest BCUT2D eigenvalue weighted by molar-refractivity contribution is 0.0780. The molecule has 1 aromatic heterocycles. The first-order chi connectivity index (χ1) is 9.28. The summed E-state index contributed by atoms with van der Waals surface area (Å²) >= 11 is 0. The number of nitrogens with zero attached hydrogens (tertiary/aromatic N) is 2. The lowest BCUT2D eigenvalue weighted by Gasteiger charge is -2.17. The lowest BCUT2D eigenvalue weighted by atomic mass is 10.0. The lowest BCUT2D eigenvalue weighted by Crippen LogP contribution is -2.29. The van der Waals surface area contributed by atoms with Crippen molar-refractivity contribution < 1.29 is 4.79 Å². The van der Waals surface area contributed by atoms with E-state index in [-0.39, 0.29) is 5.91 Å². The Balaban J connectivity index is 1.72. The largest absolute Gasteiger partial charge is 0.370 e. The summed E-state index contributed by atoms with van der Waals surface area (Å²) in [7, 11) is 0. The van der Waals surface area contributed by atoms with Crippen molar-refractivity contribution in [2.75, 3.05) is 25.0 Å². The Kier molecular flexibility index (Phi) is 3.40. The predicted molar refractivity (Wildman–Crippen MR) is 75.1 cm³/mol. The van der Waals surface area contributed by atoms with E-state index in [1.807, 2.05) is 24.0 Å². The number of fused-ring (bicyclic) bond motifs is 1. The fourth-order valence-electron chi connectivity index (χ4n) is 3.42. The van der Waals surface area contributed by atoms with Crippen molar-refractivity contribution >= 4 is 11.7 Å². The third kappa shape index (κ3) is 2.44. The molecule has 1 saturated carbocycles. The number of hydrogen-bond donors (Lipinski definition) is 1. The molecule has 1 amide bonds. The Labute approximate surface area is 114 Å². The van der Waals surface area contributed by atoms with Gasteiger partial charge in [0.1, 0.15) is 5.82 Å². The number of rotatable bonds is 3. The molecular formula is C15H21N3O. The van der Waals surface area contributed by atoms with Gasteiger partial charge < -0.3 is 10.2 Å². The van der Waals surface area contributed by atoms with E-state index < -0.39 is 0 Å². The molecular weight excluding hydrogens is 238 g/mol. The number of amides is 1. The summed E-state index contributed by atoms with van der Waals surface area (Å²) in [5.74, 6) is 2.45. The van der Waals surface area contributed by atoms with Gasteiger partial charge in [0.2, 0.25) is 0 Å². The Morgan fingerprint density at radius 2 is 2.16 bits per heavy atom. The molecule has 2 fully saturated rings. The number of nitrogens with one attached hydrogen (secondary N) is 1. The summed E-state index contributed by atoms with van der Waals surface area (Å²) in [6.07, 6.45) is 5.65. The molecule has 0 radical (unpaired) electrons. The first-order valence-electron chi connectivity index (χ1n) is 7.27. The maximum Gasteiger partial charge on any atom is 0.254 e. The van der Waals surface area contributed by atoms with Crippen LogP contribution in [-0.2, 0) is 0 Å². The van der Waals surface area contributed by atoms with E-state index in [2.05, 4.69) is 10.3 Å². The van der Waals surface area contributed by atoms with E-state index in [4.69, 9.17) is 0 Å². The molecule has 0 aromatic carbocycles. The van der Waals surface area contributed by atoms with Crippen LogP contribution < -0.4 is 5.32 Å². The molecule has 19 heavy (non-hydrogen) atoms. The van der Waals surface area contributed by atoms with Gasteiger partial charge in [-0.2, -0.15) is 0 Å². The van der Waals surface area contributed by atoms with Crippen LogP contribution in [0.2, 0.25) is 0 Å². The van der Waals surface area contributed by atoms with Crippen molar-refractivity contribution in [2.24, 2.45) is 11.8 Å². The number of hydrogen-bond acceptors (Lipinski definition) is 3. The number of carbonyl (C=O) groups is 1. The molecule has 2 heterocycles. The van der Waals surface area contributed by atoms with Crippen LogP contribution in [0.15, 0.2) is 18.3 Å². The molecule has 2 atom stereocenters. The Morgan fingerprint density at radius 1 is 1.42 bits per heavy atom. The zero-order valence-electron chi connectivity index (χ0n) is 11.4. The summed E-state index contributed by atoms with van der Waals surface area (Å²) in [4.78, 5) is 18.7. The zero-order chi connectivity index (χ0) is 13.2. The topological polar surface area (TPSA) is 45.2 Å². The summed E-state index contributed by atoms with van der Waals surface area (Å²) in [5, 5.41) is 3.15. The van der Waals surface area contributed by atoms with Crippen molar-refractivity contribution in [2.45, 2.75) is 26.2 Å². The van der Waals surface area contributed by atoms with Gasteiger partial charge in [-0.1, -0.05) is 6.42 Å². The van der Waals surface area contributed by atoms with Gasteiger partial charge in [-0.3, -0.25) is 4.79 Å². The molecule has 3 rings (SSSR count). The molecule has 102 valence electrons. The van der Waals surface area contributed by atoms with E-state index >= 15 is 0 Å². The van der Waals surface area contributed by atoms with Crippen LogP contribution >= 0.6 is 0 Å². The molecule has 1 aliphatic carbocycles. The minimum atomic E-state index is 0.163. The fourth-order valence-corrected chi connectivity index (χ4v) is 3.42. The van der Waals surface area contributed by atoms with Crippen molar-refractivity contribution in [1.82, 2.24) is 9.88 Å². The van der Waals surface area contributed by atoms with E-state index in [0.717, 1.165) is 42.9 Å². The summed E-state index contributed by atoms with van der Waals surface area (Å²) < 4.78 is 0. The van der Waals surface area contributed by atoms with Gasteiger partial charge in [0.05, 0.1) is 0 Å². The first kappa shape index (κ1) is 12.5. The third-order valence-electron chi connectivity index (χ3n) is 4.38. The van der Waals surface area contributed by atoms with Crippen molar-refractivity contribution in [3.63, 3.8) is 0 Å². The smallest absolute Gasteiger partial charge is 0.254 e. The summed E-state index contributed by atoms with van der Waals surface area (Å²) in [5.41, 5.74) is 0.755. The molecule has 1 saturated heterocycles. The highest BCUT2D eigenvalue weighted by molar-refractivity contribution is 5.95. The van der Waals surface area contributed by atoms with Gasteiger partial charge in [-0.25, -0.2) is 4.98 Å². The van der Waals surface area contributed by atoms with Crippen LogP contribution in [0, 0.1) is 11.8 Å². The standard InChI is InChI=1S/C15H21N3O/c1-2-16-14-8-11(6-7-17-14)15(19)18-9-12-4-3-5-13(12)10-18/h6-8,12-13H,2-5,9-10H2,1H3,(H,16,17). The molecule has 1 aromatic rings. The number of aromatic nitrogens is 1. The van der Waals surface area contributed by atoms with Gasteiger partial charge >= 0.3 is 0 Å². The SMILES string of the molecule is CCNc1cc(C(=O)N2CC3CCCC3C2)ccn1. The Morgan fingerprint density at radius 3 is 2.84 bits per heavy atom. The van der Waals surface area contributed by atoms with Crippen LogP contribution in [-0.4, -0.2) is 35.4 Å². The Hall–Kier alpha value is -1.58. The highest BCUT2D eigenvalue weighted by Gasteiger charge is 2.38. The molecule has 0 bridgehead atoms. The van der Waals surface area contributed by atoms with Crippen molar-refractivity contribution in [1.29, 1.82) is 0 Å². The van der Waals surface area contributed by atoms with Gasteiger partial charge in [-0.15, -0.1) is 0 Å². The van der Waals surface area contributed by atoms with Gasteiger partial charge in [0.15, 0.2) is 0 Å². The molecule has 1 N–H and O–H groups in total. The van der Waals surface area contributed by atoms with Crippen LogP contribution in [0.1, 0.15) is 36.5 Å². The quantitative estimate of drug-likeness (QED) is 0.906. The molecule has 1 aliphatic heterocycles.